The summed E-state index contributed by atoms with van der Waals surface area (Å²) < 4.78 is 0. The summed E-state index contributed by atoms with van der Waals surface area (Å²) in [5, 5.41) is 13.2. The van der Waals surface area contributed by atoms with E-state index in [4.69, 9.17) is 5.41 Å². The second-order valence-corrected chi connectivity index (χ2v) is 2.48. The maximum atomic E-state index is 6.48. The molecule has 0 fully saturated rings. The van der Waals surface area contributed by atoms with Gasteiger partial charge in [0.1, 0.15) is 6.34 Å². The third-order valence-electron chi connectivity index (χ3n) is 0.763. The number of allylic oxidation sites excluding steroid dienone is 1. The first kappa shape index (κ1) is 9.16. The molecule has 4 nitrogen and oxygen atoms in total. The lowest BCUT2D eigenvalue weighted by Gasteiger charge is -1.91. The average molecular weight is 158 g/mol. The van der Waals surface area contributed by atoms with Crippen LogP contribution in [-0.4, -0.2) is 12.6 Å². The molecule has 0 rings (SSSR count). The van der Waals surface area contributed by atoms with E-state index in [0.717, 1.165) is 11.2 Å². The van der Waals surface area contributed by atoms with Gasteiger partial charge >= 0.3 is 0 Å². The van der Waals surface area contributed by atoms with Crippen molar-refractivity contribution in [2.24, 2.45) is 10.3 Å². The fraction of sp³-hybridized carbons (Fsp3) is 0.400. The van der Waals surface area contributed by atoms with Crippen LogP contribution in [0.25, 0.3) is 0 Å². The van der Waals surface area contributed by atoms with Gasteiger partial charge in [0.05, 0.1) is 0 Å². The van der Waals surface area contributed by atoms with Gasteiger partial charge in [-0.2, -0.15) is 0 Å². The fourth-order valence-electron chi connectivity index (χ4n) is 0.241. The van der Waals surface area contributed by atoms with Gasteiger partial charge in [0.25, 0.3) is 0 Å². The van der Waals surface area contributed by atoms with Crippen LogP contribution in [0.1, 0.15) is 6.92 Å². The fourth-order valence-corrected chi connectivity index (χ4v) is 0.411. The molecule has 0 aromatic carbocycles. The largest absolute Gasteiger partial charge is 0.288 e. The van der Waals surface area contributed by atoms with Gasteiger partial charge in [0.15, 0.2) is 0 Å². The molecule has 0 saturated carbocycles. The van der Waals surface area contributed by atoms with Crippen molar-refractivity contribution < 1.29 is 0 Å². The number of nitrogens with one attached hydrogen (secondary N) is 2. The SMILES string of the molecule is CS/C(C)=C/NN=NC=N. The third-order valence-corrected chi connectivity index (χ3v) is 1.52. The quantitative estimate of drug-likeness (QED) is 0.283. The van der Waals surface area contributed by atoms with Crippen LogP contribution in [0, 0.1) is 5.41 Å². The van der Waals surface area contributed by atoms with E-state index in [1.807, 2.05) is 13.2 Å². The Balaban J connectivity index is 3.51. The highest BCUT2D eigenvalue weighted by molar-refractivity contribution is 8.02. The topological polar surface area (TPSA) is 60.6 Å². The smallest absolute Gasteiger partial charge is 0.131 e. The number of thioether (sulfide) groups is 1. The summed E-state index contributed by atoms with van der Waals surface area (Å²) in [6.07, 6.45) is 4.56. The maximum Gasteiger partial charge on any atom is 0.131 e. The average Bonchev–Trinajstić information content (AvgIpc) is 1.98. The zero-order valence-corrected chi connectivity index (χ0v) is 6.77. The lowest BCUT2D eigenvalue weighted by Crippen LogP contribution is -1.91. The van der Waals surface area contributed by atoms with Crippen molar-refractivity contribution in [2.45, 2.75) is 6.92 Å². The summed E-state index contributed by atoms with van der Waals surface area (Å²) in [6, 6.07) is 0. The van der Waals surface area contributed by atoms with Gasteiger partial charge in [0, 0.05) is 6.20 Å². The first-order valence-electron chi connectivity index (χ1n) is 2.66. The first-order valence-corrected chi connectivity index (χ1v) is 3.88. The molecular weight excluding hydrogens is 148 g/mol. The van der Waals surface area contributed by atoms with Crippen LogP contribution in [0.15, 0.2) is 21.4 Å². The molecule has 0 bridgehead atoms. The Hall–Kier alpha value is -0.840. The van der Waals surface area contributed by atoms with Crippen molar-refractivity contribution in [2.75, 3.05) is 6.26 Å². The van der Waals surface area contributed by atoms with E-state index in [9.17, 15) is 0 Å². The highest BCUT2D eigenvalue weighted by atomic mass is 32.2. The molecule has 0 spiro atoms. The lowest BCUT2D eigenvalue weighted by molar-refractivity contribution is 0.882. The van der Waals surface area contributed by atoms with Crippen LogP contribution >= 0.6 is 11.8 Å². The molecule has 0 aliphatic rings. The summed E-state index contributed by atoms with van der Waals surface area (Å²) in [6.45, 7) is 1.96. The molecule has 0 heterocycles. The van der Waals surface area contributed by atoms with Crippen LogP contribution in [0.4, 0.5) is 0 Å². The molecule has 5 heteroatoms. The predicted octanol–water partition coefficient (Wildman–Crippen LogP) is 1.77. The first-order chi connectivity index (χ1) is 4.81. The van der Waals surface area contributed by atoms with Crippen LogP contribution in [0.2, 0.25) is 0 Å². The Bertz CT molecular complexity index is 152. The zero-order chi connectivity index (χ0) is 7.82. The molecule has 56 valence electrons. The Kier molecular flexibility index (Phi) is 5.75. The van der Waals surface area contributed by atoms with Gasteiger partial charge in [-0.25, -0.2) is 0 Å². The maximum absolute atomic E-state index is 6.48. The molecule has 0 aliphatic carbocycles. The summed E-state index contributed by atoms with van der Waals surface area (Å²) in [5.41, 5.74) is 2.56. The Morgan fingerprint density at radius 3 is 2.90 bits per heavy atom. The molecule has 0 aromatic rings. The normalized spacial score (nSPS) is 12.0. The molecule has 0 unspecified atom stereocenters. The van der Waals surface area contributed by atoms with E-state index in [1.165, 1.54) is 0 Å². The Labute approximate surface area is 64.3 Å². The molecule has 0 amide bonds. The minimum absolute atomic E-state index is 0.870. The number of nitrogens with zero attached hydrogens (tertiary/aromatic N) is 2. The Morgan fingerprint density at radius 1 is 1.70 bits per heavy atom. The van der Waals surface area contributed by atoms with Crippen molar-refractivity contribution >= 4 is 18.1 Å². The van der Waals surface area contributed by atoms with Gasteiger partial charge in [-0.15, -0.1) is 16.9 Å². The van der Waals surface area contributed by atoms with Gasteiger partial charge in [-0.1, -0.05) is 5.22 Å². The van der Waals surface area contributed by atoms with E-state index in [2.05, 4.69) is 15.8 Å². The van der Waals surface area contributed by atoms with E-state index in [-0.39, 0.29) is 0 Å². The molecule has 0 radical (unpaired) electrons. The van der Waals surface area contributed by atoms with Crippen molar-refractivity contribution in [3.05, 3.63) is 11.1 Å². The standard InChI is InChI=1S/C5H10N4S/c1-5(10-2)3-7-9-8-4-6/h3-4H,1-2H3,(H2,6,7,8)/b5-3+. The van der Waals surface area contributed by atoms with Crippen molar-refractivity contribution in [1.82, 2.24) is 5.43 Å². The zero-order valence-electron chi connectivity index (χ0n) is 5.96. The van der Waals surface area contributed by atoms with Gasteiger partial charge in [0.2, 0.25) is 0 Å². The second-order valence-electron chi connectivity index (χ2n) is 1.43. The molecule has 0 aliphatic heterocycles. The van der Waals surface area contributed by atoms with Gasteiger partial charge in [-0.05, 0) is 18.1 Å². The lowest BCUT2D eigenvalue weighted by atomic mass is 10.7. The molecule has 0 saturated heterocycles. The van der Waals surface area contributed by atoms with Crippen LogP contribution < -0.4 is 5.43 Å². The van der Waals surface area contributed by atoms with Crippen LogP contribution in [0.3, 0.4) is 0 Å². The predicted molar refractivity (Wildman–Crippen MR) is 44.0 cm³/mol. The van der Waals surface area contributed by atoms with Crippen molar-refractivity contribution in [3.63, 3.8) is 0 Å². The van der Waals surface area contributed by atoms with Gasteiger partial charge in [-0.3, -0.25) is 10.8 Å². The van der Waals surface area contributed by atoms with Crippen LogP contribution in [0.5, 0.6) is 0 Å². The summed E-state index contributed by atoms with van der Waals surface area (Å²) >= 11 is 1.62. The minimum atomic E-state index is 0.870. The van der Waals surface area contributed by atoms with E-state index >= 15 is 0 Å². The number of hydrogen-bond acceptors (Lipinski definition) is 3. The van der Waals surface area contributed by atoms with Crippen molar-refractivity contribution in [3.8, 4) is 0 Å². The summed E-state index contributed by atoms with van der Waals surface area (Å²) in [4.78, 5) is 1.11. The molecule has 2 N–H and O–H groups in total. The Morgan fingerprint density at radius 2 is 2.40 bits per heavy atom. The third kappa shape index (κ3) is 5.30. The van der Waals surface area contributed by atoms with E-state index in [1.54, 1.807) is 18.0 Å². The summed E-state index contributed by atoms with van der Waals surface area (Å²) in [5.74, 6) is 0. The highest BCUT2D eigenvalue weighted by Gasteiger charge is 1.79. The van der Waals surface area contributed by atoms with Gasteiger partial charge < -0.3 is 0 Å². The second kappa shape index (κ2) is 6.28. The molecular formula is C5H10N4S. The summed E-state index contributed by atoms with van der Waals surface area (Å²) in [7, 11) is 0. The number of hydrogen-bond donors (Lipinski definition) is 2. The molecule has 0 aromatic heterocycles. The van der Waals surface area contributed by atoms with Crippen molar-refractivity contribution in [1.29, 1.82) is 5.41 Å². The molecule has 10 heavy (non-hydrogen) atoms. The van der Waals surface area contributed by atoms with E-state index in [0.29, 0.717) is 0 Å². The number of rotatable bonds is 4. The van der Waals surface area contributed by atoms with E-state index < -0.39 is 0 Å². The molecule has 0 atom stereocenters. The minimum Gasteiger partial charge on any atom is -0.288 e. The van der Waals surface area contributed by atoms with Crippen LogP contribution in [-0.2, 0) is 0 Å². The monoisotopic (exact) mass is 158 g/mol. The highest BCUT2D eigenvalue weighted by Crippen LogP contribution is 2.06.